The van der Waals surface area contributed by atoms with Gasteiger partial charge < -0.3 is 5.11 Å². The van der Waals surface area contributed by atoms with Gasteiger partial charge in [-0.2, -0.15) is 0 Å². The monoisotopic (exact) mass is 256 g/mol. The highest BCUT2D eigenvalue weighted by atomic mass is 35.5. The third-order valence-electron chi connectivity index (χ3n) is 2.87. The van der Waals surface area contributed by atoms with Crippen molar-refractivity contribution in [3.8, 4) is 0 Å². The molecule has 1 N–H and O–H groups in total. The molecule has 1 aromatic rings. The Morgan fingerprint density at radius 3 is 2.62 bits per heavy atom. The first-order valence-electron chi connectivity index (χ1n) is 5.32. The quantitative estimate of drug-likeness (QED) is 0.896. The number of carbonyl (C=O) groups is 1. The fourth-order valence-corrected chi connectivity index (χ4v) is 3.51. The van der Waals surface area contributed by atoms with Gasteiger partial charge in [0.15, 0.2) is 0 Å². The number of benzene rings is 1. The lowest BCUT2D eigenvalue weighted by atomic mass is 10.1. The van der Waals surface area contributed by atoms with Crippen molar-refractivity contribution >= 4 is 29.3 Å². The van der Waals surface area contributed by atoms with Gasteiger partial charge in [-0.25, -0.2) is 0 Å². The molecule has 0 amide bonds. The fraction of sp³-hybridized carbons (Fsp3) is 0.417. The molecule has 2 rings (SSSR count). The van der Waals surface area contributed by atoms with E-state index in [9.17, 15) is 4.79 Å². The molecule has 0 heterocycles. The Hall–Kier alpha value is -0.670. The summed E-state index contributed by atoms with van der Waals surface area (Å²) in [6, 6.07) is 7.58. The van der Waals surface area contributed by atoms with Crippen molar-refractivity contribution in [2.75, 3.05) is 0 Å². The van der Waals surface area contributed by atoms with Crippen LogP contribution in [0.15, 0.2) is 29.2 Å². The molecule has 1 aliphatic rings. The molecule has 2 unspecified atom stereocenters. The molecule has 0 aromatic heterocycles. The molecular formula is C12H13ClO2S. The first-order chi connectivity index (χ1) is 7.66. The lowest BCUT2D eigenvalue weighted by Crippen LogP contribution is -2.19. The molecule has 0 spiro atoms. The number of aliphatic carboxylic acids is 1. The van der Waals surface area contributed by atoms with Crippen molar-refractivity contribution in [2.45, 2.75) is 29.4 Å². The highest BCUT2D eigenvalue weighted by Gasteiger charge is 2.33. The molecule has 4 heteroatoms. The van der Waals surface area contributed by atoms with Gasteiger partial charge in [-0.1, -0.05) is 18.0 Å². The summed E-state index contributed by atoms with van der Waals surface area (Å²) in [5.74, 6) is -0.857. The van der Waals surface area contributed by atoms with Crippen LogP contribution in [0.25, 0.3) is 0 Å². The maximum atomic E-state index is 11.0. The van der Waals surface area contributed by atoms with Crippen LogP contribution in [-0.4, -0.2) is 16.3 Å². The molecule has 2 atom stereocenters. The molecule has 1 aliphatic carbocycles. The van der Waals surface area contributed by atoms with Crippen LogP contribution in [0.4, 0.5) is 0 Å². The Morgan fingerprint density at radius 2 is 2.00 bits per heavy atom. The number of hydrogen-bond donors (Lipinski definition) is 1. The second kappa shape index (κ2) is 5.11. The van der Waals surface area contributed by atoms with Gasteiger partial charge in [-0.05, 0) is 37.1 Å². The van der Waals surface area contributed by atoms with E-state index in [2.05, 4.69) is 0 Å². The van der Waals surface area contributed by atoms with Crippen molar-refractivity contribution in [1.29, 1.82) is 0 Å². The third kappa shape index (κ3) is 2.71. The summed E-state index contributed by atoms with van der Waals surface area (Å²) in [5.41, 5.74) is 0. The van der Waals surface area contributed by atoms with E-state index in [0.29, 0.717) is 5.02 Å². The summed E-state index contributed by atoms with van der Waals surface area (Å²) in [7, 11) is 0. The van der Waals surface area contributed by atoms with Crippen molar-refractivity contribution < 1.29 is 9.90 Å². The topological polar surface area (TPSA) is 37.3 Å². The highest BCUT2D eigenvalue weighted by molar-refractivity contribution is 8.00. The van der Waals surface area contributed by atoms with Gasteiger partial charge in [0.1, 0.15) is 0 Å². The maximum Gasteiger partial charge on any atom is 0.307 e. The molecule has 86 valence electrons. The minimum absolute atomic E-state index is 0.194. The Labute approximate surface area is 104 Å². The average molecular weight is 257 g/mol. The van der Waals surface area contributed by atoms with Crippen LogP contribution in [0.2, 0.25) is 5.02 Å². The maximum absolute atomic E-state index is 11.0. The standard InChI is InChI=1S/C12H13ClO2S/c13-8-4-6-9(7-5-8)16-11-3-1-2-10(11)12(14)15/h4-7,10-11H,1-3H2,(H,14,15). The summed E-state index contributed by atoms with van der Waals surface area (Å²) >= 11 is 7.46. The summed E-state index contributed by atoms with van der Waals surface area (Å²) < 4.78 is 0. The van der Waals surface area contributed by atoms with E-state index in [1.807, 2.05) is 24.3 Å². The third-order valence-corrected chi connectivity index (χ3v) is 4.53. The zero-order chi connectivity index (χ0) is 11.5. The number of halogens is 1. The lowest BCUT2D eigenvalue weighted by molar-refractivity contribution is -0.141. The number of thioether (sulfide) groups is 1. The molecule has 1 fully saturated rings. The number of carboxylic acid groups (broad SMARTS) is 1. The van der Waals surface area contributed by atoms with Gasteiger partial charge >= 0.3 is 5.97 Å². The Kier molecular flexibility index (Phi) is 3.77. The highest BCUT2D eigenvalue weighted by Crippen LogP contribution is 2.39. The lowest BCUT2D eigenvalue weighted by Gasteiger charge is -2.14. The minimum atomic E-state index is -0.663. The van der Waals surface area contributed by atoms with Crippen LogP contribution in [0, 0.1) is 5.92 Å². The van der Waals surface area contributed by atoms with E-state index in [1.54, 1.807) is 11.8 Å². The largest absolute Gasteiger partial charge is 0.481 e. The molecular weight excluding hydrogens is 244 g/mol. The second-order valence-corrected chi connectivity index (χ2v) is 5.73. The van der Waals surface area contributed by atoms with Crippen LogP contribution in [-0.2, 0) is 4.79 Å². The summed E-state index contributed by atoms with van der Waals surface area (Å²) in [4.78, 5) is 12.1. The van der Waals surface area contributed by atoms with Crippen LogP contribution in [0.1, 0.15) is 19.3 Å². The Balaban J connectivity index is 2.03. The van der Waals surface area contributed by atoms with Crippen molar-refractivity contribution in [2.24, 2.45) is 5.92 Å². The molecule has 0 bridgehead atoms. The molecule has 0 radical (unpaired) electrons. The average Bonchev–Trinajstić information content (AvgIpc) is 2.69. The predicted octanol–water partition coefficient (Wildman–Crippen LogP) is 3.69. The van der Waals surface area contributed by atoms with Crippen LogP contribution < -0.4 is 0 Å². The van der Waals surface area contributed by atoms with E-state index in [4.69, 9.17) is 16.7 Å². The van der Waals surface area contributed by atoms with Crippen molar-refractivity contribution in [3.63, 3.8) is 0 Å². The normalized spacial score (nSPS) is 24.6. The van der Waals surface area contributed by atoms with Crippen molar-refractivity contribution in [3.05, 3.63) is 29.3 Å². The van der Waals surface area contributed by atoms with E-state index in [1.165, 1.54) is 0 Å². The molecule has 16 heavy (non-hydrogen) atoms. The smallest absolute Gasteiger partial charge is 0.307 e. The van der Waals surface area contributed by atoms with Crippen molar-refractivity contribution in [1.82, 2.24) is 0 Å². The van der Waals surface area contributed by atoms with E-state index < -0.39 is 5.97 Å². The zero-order valence-electron chi connectivity index (χ0n) is 8.73. The Bertz CT molecular complexity index is 377. The first-order valence-corrected chi connectivity index (χ1v) is 6.57. The minimum Gasteiger partial charge on any atom is -0.481 e. The first kappa shape index (κ1) is 11.8. The molecule has 2 nitrogen and oxygen atoms in total. The number of rotatable bonds is 3. The number of hydrogen-bond acceptors (Lipinski definition) is 2. The van der Waals surface area contributed by atoms with Crippen LogP contribution in [0.5, 0.6) is 0 Å². The fourth-order valence-electron chi connectivity index (χ4n) is 2.04. The van der Waals surface area contributed by atoms with E-state index >= 15 is 0 Å². The zero-order valence-corrected chi connectivity index (χ0v) is 10.3. The molecule has 0 saturated heterocycles. The van der Waals surface area contributed by atoms with Gasteiger partial charge in [-0.3, -0.25) is 4.79 Å². The van der Waals surface area contributed by atoms with Crippen LogP contribution >= 0.6 is 23.4 Å². The molecule has 1 aromatic carbocycles. The summed E-state index contributed by atoms with van der Waals surface area (Å²) in [6.07, 6.45) is 2.81. The molecule has 0 aliphatic heterocycles. The molecule has 1 saturated carbocycles. The van der Waals surface area contributed by atoms with Crippen LogP contribution in [0.3, 0.4) is 0 Å². The van der Waals surface area contributed by atoms with Gasteiger partial charge in [0.2, 0.25) is 0 Å². The van der Waals surface area contributed by atoms with Gasteiger partial charge in [0.25, 0.3) is 0 Å². The SMILES string of the molecule is O=C(O)C1CCCC1Sc1ccc(Cl)cc1. The van der Waals surface area contributed by atoms with Gasteiger partial charge in [-0.15, -0.1) is 11.8 Å². The predicted molar refractivity (Wildman–Crippen MR) is 66.1 cm³/mol. The van der Waals surface area contributed by atoms with E-state index in [0.717, 1.165) is 24.2 Å². The second-order valence-electron chi connectivity index (χ2n) is 3.99. The summed E-state index contributed by atoms with van der Waals surface area (Å²) in [6.45, 7) is 0. The summed E-state index contributed by atoms with van der Waals surface area (Å²) in [5, 5.41) is 9.99. The van der Waals surface area contributed by atoms with E-state index in [-0.39, 0.29) is 11.2 Å². The van der Waals surface area contributed by atoms with Gasteiger partial charge in [0.05, 0.1) is 5.92 Å². The Morgan fingerprint density at radius 1 is 1.31 bits per heavy atom. The van der Waals surface area contributed by atoms with Gasteiger partial charge in [0, 0.05) is 15.2 Å². The number of carboxylic acids is 1.